The molecule has 3 heterocycles. The van der Waals surface area contributed by atoms with Crippen LogP contribution in [0, 0.1) is 0 Å². The van der Waals surface area contributed by atoms with Gasteiger partial charge in [-0.3, -0.25) is 9.69 Å². The van der Waals surface area contributed by atoms with Gasteiger partial charge >= 0.3 is 0 Å². The number of amides is 1. The van der Waals surface area contributed by atoms with Gasteiger partial charge in [-0.15, -0.1) is 0 Å². The summed E-state index contributed by atoms with van der Waals surface area (Å²) in [5.74, 6) is 0.375. The molecule has 0 radical (unpaired) electrons. The molecule has 1 N–H and O–H groups in total. The van der Waals surface area contributed by atoms with E-state index in [2.05, 4.69) is 15.1 Å². The summed E-state index contributed by atoms with van der Waals surface area (Å²) < 4.78 is 5.41. The standard InChI is InChI=1S/C14H25N3O2/c18-14-13(16-8-5-15-6-9-16)2-1-7-17(14)12-3-10-19-11-4-12/h12-13,15H,1-11H2/t13-/m0/s1. The molecule has 0 spiro atoms. The van der Waals surface area contributed by atoms with Gasteiger partial charge in [0.05, 0.1) is 6.04 Å². The second-order valence-electron chi connectivity index (χ2n) is 5.82. The van der Waals surface area contributed by atoms with Crippen LogP contribution in [0.2, 0.25) is 0 Å². The lowest BCUT2D eigenvalue weighted by molar-refractivity contribution is -0.145. The second-order valence-corrected chi connectivity index (χ2v) is 5.82. The van der Waals surface area contributed by atoms with Crippen molar-refractivity contribution in [1.29, 1.82) is 0 Å². The first kappa shape index (κ1) is 13.3. The Morgan fingerprint density at radius 1 is 1.05 bits per heavy atom. The highest BCUT2D eigenvalue weighted by Crippen LogP contribution is 2.23. The number of carbonyl (C=O) groups excluding carboxylic acids is 1. The van der Waals surface area contributed by atoms with Gasteiger partial charge in [-0.05, 0) is 25.7 Å². The zero-order valence-corrected chi connectivity index (χ0v) is 11.6. The molecule has 1 atom stereocenters. The third kappa shape index (κ3) is 2.93. The summed E-state index contributed by atoms with van der Waals surface area (Å²) in [6.45, 7) is 6.63. The topological polar surface area (TPSA) is 44.8 Å². The fourth-order valence-corrected chi connectivity index (χ4v) is 3.57. The molecule has 5 heteroatoms. The summed E-state index contributed by atoms with van der Waals surface area (Å²) in [6, 6.07) is 0.561. The van der Waals surface area contributed by atoms with Crippen LogP contribution in [0.3, 0.4) is 0 Å². The van der Waals surface area contributed by atoms with Crippen LogP contribution >= 0.6 is 0 Å². The lowest BCUT2D eigenvalue weighted by Gasteiger charge is -2.43. The molecule has 3 rings (SSSR count). The van der Waals surface area contributed by atoms with Crippen LogP contribution in [-0.4, -0.2) is 73.7 Å². The van der Waals surface area contributed by atoms with Crippen molar-refractivity contribution in [2.75, 3.05) is 45.9 Å². The Balaban J connectivity index is 1.64. The number of carbonyl (C=O) groups is 1. The smallest absolute Gasteiger partial charge is 0.240 e. The van der Waals surface area contributed by atoms with E-state index in [0.29, 0.717) is 11.9 Å². The maximum Gasteiger partial charge on any atom is 0.240 e. The quantitative estimate of drug-likeness (QED) is 0.768. The maximum absolute atomic E-state index is 12.7. The van der Waals surface area contributed by atoms with Crippen LogP contribution in [0.4, 0.5) is 0 Å². The third-order valence-electron chi connectivity index (χ3n) is 4.67. The van der Waals surface area contributed by atoms with Crippen molar-refractivity contribution in [2.45, 2.75) is 37.8 Å². The predicted molar refractivity (Wildman–Crippen MR) is 73.0 cm³/mol. The van der Waals surface area contributed by atoms with E-state index in [1.807, 2.05) is 0 Å². The van der Waals surface area contributed by atoms with E-state index < -0.39 is 0 Å². The zero-order valence-electron chi connectivity index (χ0n) is 11.6. The number of hydrogen-bond acceptors (Lipinski definition) is 4. The predicted octanol–water partition coefficient (Wildman–Crippen LogP) is 0.0616. The molecule has 1 amide bonds. The molecule has 0 aromatic heterocycles. The van der Waals surface area contributed by atoms with Gasteiger partial charge in [0.25, 0.3) is 0 Å². The fourth-order valence-electron chi connectivity index (χ4n) is 3.57. The van der Waals surface area contributed by atoms with Crippen molar-refractivity contribution in [3.8, 4) is 0 Å². The van der Waals surface area contributed by atoms with Crippen molar-refractivity contribution in [1.82, 2.24) is 15.1 Å². The summed E-state index contributed by atoms with van der Waals surface area (Å²) in [5.41, 5.74) is 0. The van der Waals surface area contributed by atoms with Crippen LogP contribution in [0.15, 0.2) is 0 Å². The number of rotatable bonds is 2. The van der Waals surface area contributed by atoms with Crippen LogP contribution in [-0.2, 0) is 9.53 Å². The summed E-state index contributed by atoms with van der Waals surface area (Å²) in [4.78, 5) is 17.3. The number of ether oxygens (including phenoxy) is 1. The Morgan fingerprint density at radius 3 is 2.53 bits per heavy atom. The minimum atomic E-state index is 0.138. The van der Waals surface area contributed by atoms with Crippen molar-refractivity contribution < 1.29 is 9.53 Å². The molecule has 0 aromatic rings. The first-order chi connectivity index (χ1) is 9.36. The van der Waals surface area contributed by atoms with Crippen LogP contribution in [0.5, 0.6) is 0 Å². The van der Waals surface area contributed by atoms with E-state index in [1.54, 1.807) is 0 Å². The molecular weight excluding hydrogens is 242 g/mol. The first-order valence-electron chi connectivity index (χ1n) is 7.69. The number of piperazine rings is 1. The number of nitrogens with one attached hydrogen (secondary N) is 1. The molecule has 3 aliphatic heterocycles. The monoisotopic (exact) mass is 267 g/mol. The number of hydrogen-bond donors (Lipinski definition) is 1. The minimum absolute atomic E-state index is 0.138. The molecule has 0 aromatic carbocycles. The number of piperidine rings is 1. The van der Waals surface area contributed by atoms with E-state index in [0.717, 1.165) is 71.6 Å². The molecule has 0 aliphatic carbocycles. The average Bonchev–Trinajstić information content (AvgIpc) is 2.49. The van der Waals surface area contributed by atoms with Gasteiger partial charge in [-0.1, -0.05) is 0 Å². The fraction of sp³-hybridized carbons (Fsp3) is 0.929. The maximum atomic E-state index is 12.7. The Bertz CT molecular complexity index is 284. The number of nitrogens with zero attached hydrogens (tertiary/aromatic N) is 2. The van der Waals surface area contributed by atoms with Crippen molar-refractivity contribution in [3.63, 3.8) is 0 Å². The first-order valence-corrected chi connectivity index (χ1v) is 7.69. The summed E-state index contributed by atoms with van der Waals surface area (Å²) in [5, 5.41) is 3.36. The highest BCUT2D eigenvalue weighted by molar-refractivity contribution is 5.83. The van der Waals surface area contributed by atoms with Crippen molar-refractivity contribution in [3.05, 3.63) is 0 Å². The second kappa shape index (κ2) is 6.20. The normalized spacial score (nSPS) is 31.7. The van der Waals surface area contributed by atoms with Crippen LogP contribution < -0.4 is 5.32 Å². The summed E-state index contributed by atoms with van der Waals surface area (Å²) in [7, 11) is 0. The zero-order chi connectivity index (χ0) is 13.1. The van der Waals surface area contributed by atoms with Gasteiger partial charge in [0.1, 0.15) is 0 Å². The molecule has 0 saturated carbocycles. The Kier molecular flexibility index (Phi) is 4.35. The van der Waals surface area contributed by atoms with Crippen molar-refractivity contribution in [2.24, 2.45) is 0 Å². The minimum Gasteiger partial charge on any atom is -0.381 e. The van der Waals surface area contributed by atoms with Gasteiger partial charge in [-0.2, -0.15) is 0 Å². The van der Waals surface area contributed by atoms with Gasteiger partial charge in [0.2, 0.25) is 5.91 Å². The molecule has 108 valence electrons. The van der Waals surface area contributed by atoms with Gasteiger partial charge in [0.15, 0.2) is 0 Å². The molecule has 19 heavy (non-hydrogen) atoms. The third-order valence-corrected chi connectivity index (χ3v) is 4.67. The van der Waals surface area contributed by atoms with Crippen LogP contribution in [0.1, 0.15) is 25.7 Å². The van der Waals surface area contributed by atoms with E-state index in [9.17, 15) is 4.79 Å². The van der Waals surface area contributed by atoms with Crippen molar-refractivity contribution >= 4 is 5.91 Å². The van der Waals surface area contributed by atoms with E-state index >= 15 is 0 Å². The van der Waals surface area contributed by atoms with Gasteiger partial charge in [-0.25, -0.2) is 0 Å². The Labute approximate surface area is 115 Å². The van der Waals surface area contributed by atoms with Gasteiger partial charge in [0, 0.05) is 52.0 Å². The lowest BCUT2D eigenvalue weighted by atomic mass is 9.97. The molecule has 0 bridgehead atoms. The molecule has 0 unspecified atom stereocenters. The van der Waals surface area contributed by atoms with E-state index in [-0.39, 0.29) is 6.04 Å². The average molecular weight is 267 g/mol. The summed E-state index contributed by atoms with van der Waals surface area (Å²) >= 11 is 0. The highest BCUT2D eigenvalue weighted by atomic mass is 16.5. The SMILES string of the molecule is O=C1[C@@H](N2CCNCC2)CCCN1C1CCOCC1. The molecular formula is C14H25N3O2. The van der Waals surface area contributed by atoms with Crippen LogP contribution in [0.25, 0.3) is 0 Å². The largest absolute Gasteiger partial charge is 0.381 e. The molecule has 3 aliphatic rings. The highest BCUT2D eigenvalue weighted by Gasteiger charge is 2.37. The van der Waals surface area contributed by atoms with Gasteiger partial charge < -0.3 is 15.0 Å². The molecule has 3 fully saturated rings. The Morgan fingerprint density at radius 2 is 1.79 bits per heavy atom. The molecule has 3 saturated heterocycles. The lowest BCUT2D eigenvalue weighted by Crippen LogP contribution is -2.59. The van der Waals surface area contributed by atoms with E-state index in [1.165, 1.54) is 0 Å². The molecule has 5 nitrogen and oxygen atoms in total. The number of likely N-dealkylation sites (tertiary alicyclic amines) is 1. The van der Waals surface area contributed by atoms with E-state index in [4.69, 9.17) is 4.74 Å². The Hall–Kier alpha value is -0.650. The summed E-state index contributed by atoms with van der Waals surface area (Å²) in [6.07, 6.45) is 4.22.